The summed E-state index contributed by atoms with van der Waals surface area (Å²) in [7, 11) is 0. The molecule has 1 saturated carbocycles. The summed E-state index contributed by atoms with van der Waals surface area (Å²) >= 11 is 0. The van der Waals surface area contributed by atoms with E-state index in [0.29, 0.717) is 12.0 Å². The number of nitrogens with one attached hydrogen (secondary N) is 2. The van der Waals surface area contributed by atoms with Gasteiger partial charge in [0.2, 0.25) is 0 Å². The second-order valence-corrected chi connectivity index (χ2v) is 8.02. The van der Waals surface area contributed by atoms with E-state index in [-0.39, 0.29) is 6.03 Å². The molecule has 0 radical (unpaired) electrons. The second-order valence-electron chi connectivity index (χ2n) is 8.02. The first-order valence-electron chi connectivity index (χ1n) is 10.1. The van der Waals surface area contributed by atoms with Crippen LogP contribution in [0.3, 0.4) is 0 Å². The Hall–Kier alpha value is -1.82. The van der Waals surface area contributed by atoms with Crippen molar-refractivity contribution < 1.29 is 4.79 Å². The number of rotatable bonds is 5. The SMILES string of the molecule is CC(C)CN1CCN(c2ccc(NC(=O)NC3CCCCC3)cn2)CC1. The fourth-order valence-electron chi connectivity index (χ4n) is 3.92. The minimum absolute atomic E-state index is 0.117. The van der Waals surface area contributed by atoms with Gasteiger partial charge in [0.25, 0.3) is 0 Å². The van der Waals surface area contributed by atoms with E-state index < -0.39 is 0 Å². The number of pyridine rings is 1. The maximum absolute atomic E-state index is 12.1. The number of aromatic nitrogens is 1. The summed E-state index contributed by atoms with van der Waals surface area (Å²) in [5, 5.41) is 5.98. The highest BCUT2D eigenvalue weighted by Gasteiger charge is 2.19. The van der Waals surface area contributed by atoms with Crippen LogP contribution in [0.1, 0.15) is 46.0 Å². The van der Waals surface area contributed by atoms with Gasteiger partial charge in [0.1, 0.15) is 5.82 Å². The van der Waals surface area contributed by atoms with Crippen molar-refractivity contribution in [2.24, 2.45) is 5.92 Å². The van der Waals surface area contributed by atoms with Crippen molar-refractivity contribution in [3.63, 3.8) is 0 Å². The lowest BCUT2D eigenvalue weighted by Crippen LogP contribution is -2.47. The van der Waals surface area contributed by atoms with Gasteiger partial charge in [-0.05, 0) is 30.9 Å². The number of hydrogen-bond donors (Lipinski definition) is 2. The van der Waals surface area contributed by atoms with E-state index >= 15 is 0 Å². The molecule has 1 aliphatic carbocycles. The van der Waals surface area contributed by atoms with Crippen LogP contribution in [-0.2, 0) is 0 Å². The van der Waals surface area contributed by atoms with Crippen molar-refractivity contribution in [1.82, 2.24) is 15.2 Å². The van der Waals surface area contributed by atoms with Gasteiger partial charge in [-0.1, -0.05) is 33.1 Å². The first-order valence-corrected chi connectivity index (χ1v) is 10.1. The molecule has 0 spiro atoms. The molecule has 2 aliphatic rings. The molecule has 2 fully saturated rings. The Kier molecular flexibility index (Phi) is 6.72. The summed E-state index contributed by atoms with van der Waals surface area (Å²) in [6.07, 6.45) is 7.66. The normalized spacial score (nSPS) is 19.6. The average molecular weight is 360 g/mol. The van der Waals surface area contributed by atoms with E-state index in [1.54, 1.807) is 6.20 Å². The van der Waals surface area contributed by atoms with Crippen LogP contribution in [0.25, 0.3) is 0 Å². The number of carbonyl (C=O) groups is 1. The van der Waals surface area contributed by atoms with E-state index in [1.165, 1.54) is 25.8 Å². The molecular weight excluding hydrogens is 326 g/mol. The van der Waals surface area contributed by atoms with Gasteiger partial charge in [0, 0.05) is 38.8 Å². The zero-order valence-electron chi connectivity index (χ0n) is 16.2. The predicted octanol–water partition coefficient (Wildman–Crippen LogP) is 3.31. The Morgan fingerprint density at radius 1 is 1.15 bits per heavy atom. The molecule has 144 valence electrons. The van der Waals surface area contributed by atoms with Gasteiger partial charge in [-0.15, -0.1) is 0 Å². The van der Waals surface area contributed by atoms with Crippen LogP contribution >= 0.6 is 0 Å². The molecule has 0 atom stereocenters. The van der Waals surface area contributed by atoms with Crippen LogP contribution in [0.5, 0.6) is 0 Å². The molecule has 0 bridgehead atoms. The smallest absolute Gasteiger partial charge is 0.319 e. The molecule has 1 aliphatic heterocycles. The van der Waals surface area contributed by atoms with Gasteiger partial charge in [0.05, 0.1) is 11.9 Å². The first kappa shape index (κ1) is 19.0. The van der Waals surface area contributed by atoms with Gasteiger partial charge >= 0.3 is 6.03 Å². The number of urea groups is 1. The van der Waals surface area contributed by atoms with Crippen LogP contribution in [0.2, 0.25) is 0 Å². The number of hydrogen-bond acceptors (Lipinski definition) is 4. The van der Waals surface area contributed by atoms with E-state index in [0.717, 1.165) is 50.5 Å². The topological polar surface area (TPSA) is 60.5 Å². The summed E-state index contributed by atoms with van der Waals surface area (Å²) in [5.41, 5.74) is 0.750. The molecule has 2 heterocycles. The Morgan fingerprint density at radius 3 is 2.50 bits per heavy atom. The van der Waals surface area contributed by atoms with Crippen LogP contribution in [0.4, 0.5) is 16.3 Å². The third kappa shape index (κ3) is 5.59. The number of anilines is 2. The van der Waals surface area contributed by atoms with Gasteiger partial charge in [-0.2, -0.15) is 0 Å². The quantitative estimate of drug-likeness (QED) is 0.847. The maximum atomic E-state index is 12.1. The fourth-order valence-corrected chi connectivity index (χ4v) is 3.92. The number of carbonyl (C=O) groups excluding carboxylic acids is 1. The molecule has 0 unspecified atom stereocenters. The van der Waals surface area contributed by atoms with Crippen molar-refractivity contribution in [2.45, 2.75) is 52.0 Å². The Bertz CT molecular complexity index is 560. The minimum atomic E-state index is -0.117. The minimum Gasteiger partial charge on any atom is -0.354 e. The van der Waals surface area contributed by atoms with Crippen molar-refractivity contribution in [3.8, 4) is 0 Å². The summed E-state index contributed by atoms with van der Waals surface area (Å²) in [6, 6.07) is 4.16. The zero-order valence-corrected chi connectivity index (χ0v) is 16.2. The van der Waals surface area contributed by atoms with E-state index in [9.17, 15) is 4.79 Å². The van der Waals surface area contributed by atoms with Gasteiger partial charge in [-0.25, -0.2) is 9.78 Å². The lowest BCUT2D eigenvalue weighted by Gasteiger charge is -2.36. The third-order valence-corrected chi connectivity index (χ3v) is 5.27. The molecule has 0 aromatic carbocycles. The molecule has 1 saturated heterocycles. The average Bonchev–Trinajstić information content (AvgIpc) is 2.63. The summed E-state index contributed by atoms with van der Waals surface area (Å²) in [6.45, 7) is 9.89. The highest BCUT2D eigenvalue weighted by atomic mass is 16.2. The van der Waals surface area contributed by atoms with Crippen molar-refractivity contribution in [1.29, 1.82) is 0 Å². The van der Waals surface area contributed by atoms with Crippen molar-refractivity contribution >= 4 is 17.5 Å². The summed E-state index contributed by atoms with van der Waals surface area (Å²) in [4.78, 5) is 21.5. The molecule has 1 aromatic rings. The predicted molar refractivity (Wildman–Crippen MR) is 107 cm³/mol. The Labute approximate surface area is 157 Å². The molecule has 2 N–H and O–H groups in total. The van der Waals surface area contributed by atoms with Gasteiger partial charge < -0.3 is 15.5 Å². The molecule has 1 aromatic heterocycles. The van der Waals surface area contributed by atoms with Crippen LogP contribution < -0.4 is 15.5 Å². The molecule has 3 rings (SSSR count). The van der Waals surface area contributed by atoms with Crippen molar-refractivity contribution in [3.05, 3.63) is 18.3 Å². The highest BCUT2D eigenvalue weighted by molar-refractivity contribution is 5.89. The van der Waals surface area contributed by atoms with Gasteiger partial charge in [-0.3, -0.25) is 4.90 Å². The Morgan fingerprint density at radius 2 is 1.88 bits per heavy atom. The van der Waals surface area contributed by atoms with Gasteiger partial charge in [0.15, 0.2) is 0 Å². The molecule has 6 nitrogen and oxygen atoms in total. The summed E-state index contributed by atoms with van der Waals surface area (Å²) in [5.74, 6) is 1.71. The lowest BCUT2D eigenvalue weighted by atomic mass is 9.96. The number of amides is 2. The molecule has 6 heteroatoms. The zero-order chi connectivity index (χ0) is 18.4. The molecule has 26 heavy (non-hydrogen) atoms. The fraction of sp³-hybridized carbons (Fsp3) is 0.700. The van der Waals surface area contributed by atoms with Crippen LogP contribution in [-0.4, -0.2) is 54.7 Å². The van der Waals surface area contributed by atoms with Crippen LogP contribution in [0, 0.1) is 5.92 Å². The maximum Gasteiger partial charge on any atom is 0.319 e. The monoisotopic (exact) mass is 359 g/mol. The number of piperazine rings is 1. The van der Waals surface area contributed by atoms with E-state index in [1.807, 2.05) is 12.1 Å². The third-order valence-electron chi connectivity index (χ3n) is 5.27. The molecule has 2 amide bonds. The largest absolute Gasteiger partial charge is 0.354 e. The van der Waals surface area contributed by atoms with Crippen molar-refractivity contribution in [2.75, 3.05) is 42.9 Å². The highest BCUT2D eigenvalue weighted by Crippen LogP contribution is 2.19. The standard InChI is InChI=1S/C20H33N5O/c1-16(2)15-24-10-12-25(13-11-24)19-9-8-18(14-21-19)23-20(26)22-17-6-4-3-5-7-17/h8-9,14,16-17H,3-7,10-13,15H2,1-2H3,(H2,22,23,26). The van der Waals surface area contributed by atoms with E-state index in [4.69, 9.17) is 0 Å². The van der Waals surface area contributed by atoms with E-state index in [2.05, 4.69) is 39.3 Å². The first-order chi connectivity index (χ1) is 12.6. The molecular formula is C20H33N5O. The summed E-state index contributed by atoms with van der Waals surface area (Å²) < 4.78 is 0. The van der Waals surface area contributed by atoms with Crippen LogP contribution in [0.15, 0.2) is 18.3 Å². The Balaban J connectivity index is 1.45. The lowest BCUT2D eigenvalue weighted by molar-refractivity contribution is 0.231. The number of nitrogens with zero attached hydrogens (tertiary/aromatic N) is 3. The second kappa shape index (κ2) is 9.21.